The van der Waals surface area contributed by atoms with Crippen molar-refractivity contribution in [3.8, 4) is 5.88 Å². The molecule has 6 heteroatoms. The molecule has 0 saturated heterocycles. The largest absolute Gasteiger partial charge is 0.476 e. The number of aromatic nitrogens is 2. The lowest BCUT2D eigenvalue weighted by Gasteiger charge is -2.12. The van der Waals surface area contributed by atoms with Crippen molar-refractivity contribution in [1.82, 2.24) is 9.97 Å². The van der Waals surface area contributed by atoms with E-state index in [1.807, 2.05) is 32.9 Å². The summed E-state index contributed by atoms with van der Waals surface area (Å²) >= 11 is 6.13. The second-order valence-corrected chi connectivity index (χ2v) is 6.49. The van der Waals surface area contributed by atoms with Crippen LogP contribution in [0.2, 0.25) is 5.02 Å². The van der Waals surface area contributed by atoms with Gasteiger partial charge < -0.3 is 10.1 Å². The van der Waals surface area contributed by atoms with Gasteiger partial charge in [0.1, 0.15) is 0 Å². The van der Waals surface area contributed by atoms with Crippen molar-refractivity contribution in [3.63, 3.8) is 0 Å². The quantitative estimate of drug-likeness (QED) is 0.691. The van der Waals surface area contributed by atoms with Gasteiger partial charge in [0.2, 0.25) is 5.88 Å². The van der Waals surface area contributed by atoms with Crippen LogP contribution in [0, 0.1) is 13.8 Å². The molecule has 3 rings (SSSR count). The third-order valence-corrected chi connectivity index (χ3v) is 4.36. The molecule has 134 valence electrons. The maximum absolute atomic E-state index is 12.8. The molecule has 1 N–H and O–H groups in total. The number of rotatable bonds is 5. The van der Waals surface area contributed by atoms with Gasteiger partial charge in [0, 0.05) is 0 Å². The third kappa shape index (κ3) is 3.78. The fourth-order valence-corrected chi connectivity index (χ4v) is 2.67. The van der Waals surface area contributed by atoms with Crippen LogP contribution >= 0.6 is 11.6 Å². The van der Waals surface area contributed by atoms with Gasteiger partial charge >= 0.3 is 0 Å². The molecule has 0 aliphatic rings. The van der Waals surface area contributed by atoms with E-state index < -0.39 is 5.91 Å². The minimum absolute atomic E-state index is 0.147. The molecule has 5 nitrogen and oxygen atoms in total. The molecule has 26 heavy (non-hydrogen) atoms. The Morgan fingerprint density at radius 1 is 1.12 bits per heavy atom. The Bertz CT molecular complexity index is 973. The second kappa shape index (κ2) is 7.70. The van der Waals surface area contributed by atoms with Crippen molar-refractivity contribution >= 4 is 34.2 Å². The van der Waals surface area contributed by atoms with Gasteiger partial charge in [-0.1, -0.05) is 30.7 Å². The summed E-state index contributed by atoms with van der Waals surface area (Å²) in [6, 6.07) is 10.9. The van der Waals surface area contributed by atoms with Gasteiger partial charge in [-0.2, -0.15) is 0 Å². The standard InChI is InChI=1S/C20H20ClN3O2/c1-4-9-26-20-18(19(25)23-15-8-6-5-7-14(15)21)22-16-10-12(2)13(3)11-17(16)24-20/h5-8,10-11H,4,9H2,1-3H3,(H,23,25). The first-order valence-electron chi connectivity index (χ1n) is 8.47. The maximum atomic E-state index is 12.8. The van der Waals surface area contributed by atoms with Crippen LogP contribution in [0.5, 0.6) is 5.88 Å². The van der Waals surface area contributed by atoms with Crippen LogP contribution in [0.25, 0.3) is 11.0 Å². The Morgan fingerprint density at radius 3 is 2.42 bits per heavy atom. The van der Waals surface area contributed by atoms with Gasteiger partial charge in [-0.15, -0.1) is 0 Å². The maximum Gasteiger partial charge on any atom is 0.279 e. The lowest BCUT2D eigenvalue weighted by molar-refractivity contribution is 0.101. The Hall–Kier alpha value is -2.66. The summed E-state index contributed by atoms with van der Waals surface area (Å²) in [6.07, 6.45) is 0.804. The van der Waals surface area contributed by atoms with Crippen LogP contribution in [0.4, 0.5) is 5.69 Å². The lowest BCUT2D eigenvalue weighted by atomic mass is 10.1. The number of halogens is 1. The van der Waals surface area contributed by atoms with Crippen LogP contribution in [-0.2, 0) is 0 Å². The van der Waals surface area contributed by atoms with Crippen molar-refractivity contribution in [3.05, 3.63) is 58.2 Å². The summed E-state index contributed by atoms with van der Waals surface area (Å²) in [6.45, 7) is 6.46. The fraction of sp³-hybridized carbons (Fsp3) is 0.250. The van der Waals surface area contributed by atoms with Crippen molar-refractivity contribution < 1.29 is 9.53 Å². The number of amides is 1. The number of para-hydroxylation sites is 1. The first-order valence-corrected chi connectivity index (χ1v) is 8.85. The number of aryl methyl sites for hydroxylation is 2. The fourth-order valence-electron chi connectivity index (χ4n) is 2.49. The van der Waals surface area contributed by atoms with E-state index in [0.717, 1.165) is 17.5 Å². The highest BCUT2D eigenvalue weighted by molar-refractivity contribution is 6.33. The molecule has 1 aromatic heterocycles. The number of benzene rings is 2. The topological polar surface area (TPSA) is 64.1 Å². The first-order chi connectivity index (χ1) is 12.5. The lowest BCUT2D eigenvalue weighted by Crippen LogP contribution is -2.17. The SMILES string of the molecule is CCCOc1nc2cc(C)c(C)cc2nc1C(=O)Nc1ccccc1Cl. The highest BCUT2D eigenvalue weighted by Crippen LogP contribution is 2.25. The molecule has 3 aromatic rings. The number of hydrogen-bond donors (Lipinski definition) is 1. The Morgan fingerprint density at radius 2 is 1.77 bits per heavy atom. The summed E-state index contributed by atoms with van der Waals surface area (Å²) in [5, 5.41) is 3.24. The van der Waals surface area contributed by atoms with Gasteiger partial charge in [-0.3, -0.25) is 4.79 Å². The summed E-state index contributed by atoms with van der Waals surface area (Å²) in [5.41, 5.74) is 4.22. The number of carbonyl (C=O) groups excluding carboxylic acids is 1. The second-order valence-electron chi connectivity index (χ2n) is 6.08. The van der Waals surface area contributed by atoms with Crippen molar-refractivity contribution in [2.45, 2.75) is 27.2 Å². The molecule has 2 aromatic carbocycles. The Balaban J connectivity index is 2.05. The Kier molecular flexibility index (Phi) is 5.38. The van der Waals surface area contributed by atoms with Gasteiger partial charge in [0.05, 0.1) is 28.4 Å². The number of ether oxygens (including phenoxy) is 1. The number of nitrogens with one attached hydrogen (secondary N) is 1. The molecule has 1 amide bonds. The molecule has 0 radical (unpaired) electrons. The number of anilines is 1. The van der Waals surface area contributed by atoms with Gasteiger partial charge in [0.25, 0.3) is 5.91 Å². The zero-order chi connectivity index (χ0) is 18.7. The minimum atomic E-state index is -0.406. The van der Waals surface area contributed by atoms with E-state index >= 15 is 0 Å². The number of nitrogens with zero attached hydrogens (tertiary/aromatic N) is 2. The van der Waals surface area contributed by atoms with E-state index in [1.54, 1.807) is 24.3 Å². The van der Waals surface area contributed by atoms with Crippen LogP contribution in [0.1, 0.15) is 35.0 Å². The van der Waals surface area contributed by atoms with Crippen LogP contribution in [0.15, 0.2) is 36.4 Å². The minimum Gasteiger partial charge on any atom is -0.476 e. The molecule has 0 saturated carbocycles. The van der Waals surface area contributed by atoms with E-state index in [4.69, 9.17) is 16.3 Å². The molecule has 0 aliphatic heterocycles. The van der Waals surface area contributed by atoms with Gasteiger partial charge in [0.15, 0.2) is 5.69 Å². The van der Waals surface area contributed by atoms with Crippen molar-refractivity contribution in [2.75, 3.05) is 11.9 Å². The molecular formula is C20H20ClN3O2. The molecular weight excluding hydrogens is 350 g/mol. The third-order valence-electron chi connectivity index (χ3n) is 4.03. The zero-order valence-electron chi connectivity index (χ0n) is 15.0. The average Bonchev–Trinajstić information content (AvgIpc) is 2.62. The Labute approximate surface area is 157 Å². The average molecular weight is 370 g/mol. The van der Waals surface area contributed by atoms with Crippen molar-refractivity contribution in [1.29, 1.82) is 0 Å². The van der Waals surface area contributed by atoms with Crippen LogP contribution in [0.3, 0.4) is 0 Å². The van der Waals surface area contributed by atoms with Gasteiger partial charge in [-0.05, 0) is 55.7 Å². The molecule has 1 heterocycles. The predicted octanol–water partition coefficient (Wildman–Crippen LogP) is 4.94. The first kappa shape index (κ1) is 18.1. The highest BCUT2D eigenvalue weighted by Gasteiger charge is 2.19. The summed E-state index contributed by atoms with van der Waals surface area (Å²) < 4.78 is 5.69. The normalized spacial score (nSPS) is 10.8. The summed E-state index contributed by atoms with van der Waals surface area (Å²) in [4.78, 5) is 21.8. The predicted molar refractivity (Wildman–Crippen MR) is 104 cm³/mol. The zero-order valence-corrected chi connectivity index (χ0v) is 15.7. The molecule has 0 aliphatic carbocycles. The monoisotopic (exact) mass is 369 g/mol. The molecule has 0 atom stereocenters. The molecule has 0 bridgehead atoms. The van der Waals surface area contributed by atoms with Gasteiger partial charge in [-0.25, -0.2) is 9.97 Å². The van der Waals surface area contributed by atoms with E-state index in [1.165, 1.54) is 0 Å². The number of carbonyl (C=O) groups is 1. The van der Waals surface area contributed by atoms with E-state index in [-0.39, 0.29) is 11.6 Å². The summed E-state index contributed by atoms with van der Waals surface area (Å²) in [5.74, 6) is -0.177. The molecule has 0 unspecified atom stereocenters. The number of fused-ring (bicyclic) bond motifs is 1. The highest BCUT2D eigenvalue weighted by atomic mass is 35.5. The van der Waals surface area contributed by atoms with Crippen LogP contribution < -0.4 is 10.1 Å². The molecule has 0 spiro atoms. The van der Waals surface area contributed by atoms with Crippen molar-refractivity contribution in [2.24, 2.45) is 0 Å². The number of hydrogen-bond acceptors (Lipinski definition) is 4. The van der Waals surface area contributed by atoms with E-state index in [2.05, 4.69) is 15.3 Å². The van der Waals surface area contributed by atoms with E-state index in [9.17, 15) is 4.79 Å². The van der Waals surface area contributed by atoms with E-state index in [0.29, 0.717) is 28.4 Å². The summed E-state index contributed by atoms with van der Waals surface area (Å²) in [7, 11) is 0. The van der Waals surface area contributed by atoms with Crippen LogP contribution in [-0.4, -0.2) is 22.5 Å². The molecule has 0 fully saturated rings. The smallest absolute Gasteiger partial charge is 0.279 e.